The summed E-state index contributed by atoms with van der Waals surface area (Å²) in [6, 6.07) is 2.62. The number of aliphatic hydroxyl groups excluding tert-OH is 1. The van der Waals surface area contributed by atoms with E-state index >= 15 is 0 Å². The molecular formula is C9H13NO3. The Bertz CT molecular complexity index is 354. The molecule has 0 bridgehead atoms. The van der Waals surface area contributed by atoms with Gasteiger partial charge in [-0.2, -0.15) is 0 Å². The molecule has 0 fully saturated rings. The molecule has 4 heteroatoms. The van der Waals surface area contributed by atoms with Gasteiger partial charge in [-0.1, -0.05) is 0 Å². The molecule has 0 spiro atoms. The topological polar surface area (TPSA) is 62.5 Å². The second-order valence-corrected chi connectivity index (χ2v) is 3.15. The number of aromatic hydroxyl groups is 1. The quantitative estimate of drug-likeness (QED) is 0.690. The van der Waals surface area contributed by atoms with Gasteiger partial charge in [0, 0.05) is 11.8 Å². The van der Waals surface area contributed by atoms with Crippen LogP contribution >= 0.6 is 0 Å². The second kappa shape index (κ2) is 3.62. The Morgan fingerprint density at radius 3 is 2.62 bits per heavy atom. The first-order chi connectivity index (χ1) is 6.00. The molecule has 0 aliphatic heterocycles. The average molecular weight is 183 g/mol. The summed E-state index contributed by atoms with van der Waals surface area (Å²) in [7, 11) is 0. The molecule has 0 amide bonds. The van der Waals surface area contributed by atoms with Crippen LogP contribution in [0.25, 0.3) is 0 Å². The molecular weight excluding hydrogens is 170 g/mol. The largest absolute Gasteiger partial charge is 0.508 e. The van der Waals surface area contributed by atoms with Gasteiger partial charge in [-0.3, -0.25) is 4.79 Å². The SMILES string of the molecule is Cc1cc(O)cc(=O)n1C[C@@H](C)O. The van der Waals surface area contributed by atoms with E-state index in [9.17, 15) is 4.79 Å². The van der Waals surface area contributed by atoms with Crippen LogP contribution in [0.5, 0.6) is 5.75 Å². The van der Waals surface area contributed by atoms with Crippen molar-refractivity contribution < 1.29 is 10.2 Å². The predicted molar refractivity (Wildman–Crippen MR) is 48.8 cm³/mol. The van der Waals surface area contributed by atoms with Crippen molar-refractivity contribution in [2.45, 2.75) is 26.5 Å². The fourth-order valence-electron chi connectivity index (χ4n) is 1.21. The lowest BCUT2D eigenvalue weighted by Gasteiger charge is -2.11. The first kappa shape index (κ1) is 9.80. The lowest BCUT2D eigenvalue weighted by Crippen LogP contribution is -2.26. The Kier molecular flexibility index (Phi) is 2.72. The Balaban J connectivity index is 3.14. The highest BCUT2D eigenvalue weighted by Crippen LogP contribution is 2.07. The Labute approximate surface area is 76.1 Å². The highest BCUT2D eigenvalue weighted by molar-refractivity contribution is 5.21. The Morgan fingerprint density at radius 2 is 2.15 bits per heavy atom. The molecule has 0 aliphatic rings. The van der Waals surface area contributed by atoms with Crippen molar-refractivity contribution in [3.63, 3.8) is 0 Å². The zero-order chi connectivity index (χ0) is 10.0. The fourth-order valence-corrected chi connectivity index (χ4v) is 1.21. The third kappa shape index (κ3) is 2.32. The van der Waals surface area contributed by atoms with Crippen LogP contribution in [-0.4, -0.2) is 20.9 Å². The monoisotopic (exact) mass is 183 g/mol. The first-order valence-electron chi connectivity index (χ1n) is 4.09. The summed E-state index contributed by atoms with van der Waals surface area (Å²) in [6.07, 6.45) is -0.569. The van der Waals surface area contributed by atoms with Gasteiger partial charge in [0.25, 0.3) is 5.56 Å². The number of aromatic nitrogens is 1. The number of hydrogen-bond donors (Lipinski definition) is 2. The summed E-state index contributed by atoms with van der Waals surface area (Å²) in [6.45, 7) is 3.58. The maximum absolute atomic E-state index is 11.3. The molecule has 1 heterocycles. The van der Waals surface area contributed by atoms with Gasteiger partial charge in [0.15, 0.2) is 0 Å². The van der Waals surface area contributed by atoms with E-state index in [2.05, 4.69) is 0 Å². The van der Waals surface area contributed by atoms with E-state index in [1.54, 1.807) is 13.8 Å². The van der Waals surface area contributed by atoms with Crippen molar-refractivity contribution in [3.8, 4) is 5.75 Å². The van der Waals surface area contributed by atoms with E-state index in [1.807, 2.05) is 0 Å². The minimum absolute atomic E-state index is 0.0376. The number of nitrogens with zero attached hydrogens (tertiary/aromatic N) is 1. The summed E-state index contributed by atoms with van der Waals surface area (Å²) in [5, 5.41) is 18.2. The Morgan fingerprint density at radius 1 is 1.54 bits per heavy atom. The number of aliphatic hydroxyl groups is 1. The standard InChI is InChI=1S/C9H13NO3/c1-6-3-8(12)4-9(13)10(6)5-7(2)11/h3-4,7,11-12H,5H2,1-2H3/t7-/m1/s1. The van der Waals surface area contributed by atoms with Crippen molar-refractivity contribution in [2.75, 3.05) is 0 Å². The number of rotatable bonds is 2. The Hall–Kier alpha value is -1.29. The van der Waals surface area contributed by atoms with Gasteiger partial charge in [0.1, 0.15) is 5.75 Å². The van der Waals surface area contributed by atoms with E-state index in [1.165, 1.54) is 10.6 Å². The zero-order valence-corrected chi connectivity index (χ0v) is 7.69. The van der Waals surface area contributed by atoms with E-state index in [0.717, 1.165) is 6.07 Å². The summed E-state index contributed by atoms with van der Waals surface area (Å²) in [4.78, 5) is 11.3. The van der Waals surface area contributed by atoms with Crippen LogP contribution in [0, 0.1) is 6.92 Å². The van der Waals surface area contributed by atoms with E-state index in [4.69, 9.17) is 10.2 Å². The molecule has 72 valence electrons. The molecule has 2 N–H and O–H groups in total. The van der Waals surface area contributed by atoms with Crippen LogP contribution in [0.4, 0.5) is 0 Å². The van der Waals surface area contributed by atoms with Crippen LogP contribution in [-0.2, 0) is 6.54 Å². The van der Waals surface area contributed by atoms with Gasteiger partial charge in [-0.25, -0.2) is 0 Å². The van der Waals surface area contributed by atoms with Crippen LogP contribution < -0.4 is 5.56 Å². The highest BCUT2D eigenvalue weighted by Gasteiger charge is 2.04. The number of pyridine rings is 1. The molecule has 1 rings (SSSR count). The molecule has 0 aliphatic carbocycles. The van der Waals surface area contributed by atoms with Gasteiger partial charge < -0.3 is 14.8 Å². The normalized spacial score (nSPS) is 12.8. The molecule has 1 atom stereocenters. The van der Waals surface area contributed by atoms with Gasteiger partial charge in [0.05, 0.1) is 12.6 Å². The third-order valence-corrected chi connectivity index (χ3v) is 1.77. The predicted octanol–water partition coefficient (Wildman–Crippen LogP) is 0.243. The van der Waals surface area contributed by atoms with Gasteiger partial charge >= 0.3 is 0 Å². The van der Waals surface area contributed by atoms with Crippen molar-refractivity contribution in [3.05, 3.63) is 28.2 Å². The summed E-state index contributed by atoms with van der Waals surface area (Å²) >= 11 is 0. The second-order valence-electron chi connectivity index (χ2n) is 3.15. The average Bonchev–Trinajstić information content (AvgIpc) is 1.96. The first-order valence-corrected chi connectivity index (χ1v) is 4.09. The van der Waals surface area contributed by atoms with Crippen LogP contribution in [0.15, 0.2) is 16.9 Å². The van der Waals surface area contributed by atoms with Crippen molar-refractivity contribution in [1.82, 2.24) is 4.57 Å². The summed E-state index contributed by atoms with van der Waals surface area (Å²) < 4.78 is 1.42. The molecule has 0 radical (unpaired) electrons. The van der Waals surface area contributed by atoms with E-state index in [-0.39, 0.29) is 17.9 Å². The highest BCUT2D eigenvalue weighted by atomic mass is 16.3. The molecule has 0 saturated carbocycles. The lowest BCUT2D eigenvalue weighted by molar-refractivity contribution is 0.171. The van der Waals surface area contributed by atoms with Gasteiger partial charge in [-0.15, -0.1) is 0 Å². The molecule has 1 aromatic heterocycles. The van der Waals surface area contributed by atoms with E-state index < -0.39 is 6.10 Å². The van der Waals surface area contributed by atoms with Crippen molar-refractivity contribution in [1.29, 1.82) is 0 Å². The summed E-state index contributed by atoms with van der Waals surface area (Å²) in [5.41, 5.74) is 0.351. The zero-order valence-electron chi connectivity index (χ0n) is 7.69. The molecule has 13 heavy (non-hydrogen) atoms. The van der Waals surface area contributed by atoms with Crippen molar-refractivity contribution in [2.24, 2.45) is 0 Å². The smallest absolute Gasteiger partial charge is 0.254 e. The third-order valence-electron chi connectivity index (χ3n) is 1.77. The molecule has 1 aromatic rings. The van der Waals surface area contributed by atoms with Crippen LogP contribution in [0.1, 0.15) is 12.6 Å². The number of aryl methyl sites for hydroxylation is 1. The lowest BCUT2D eigenvalue weighted by atomic mass is 10.3. The molecule has 0 unspecified atom stereocenters. The molecule has 4 nitrogen and oxygen atoms in total. The fraction of sp³-hybridized carbons (Fsp3) is 0.444. The minimum Gasteiger partial charge on any atom is -0.508 e. The molecule has 0 saturated heterocycles. The maximum atomic E-state index is 11.3. The van der Waals surface area contributed by atoms with E-state index in [0.29, 0.717) is 5.69 Å². The summed E-state index contributed by atoms with van der Waals surface area (Å²) in [5.74, 6) is -0.0376. The minimum atomic E-state index is -0.569. The van der Waals surface area contributed by atoms with Crippen molar-refractivity contribution >= 4 is 0 Å². The van der Waals surface area contributed by atoms with Crippen LogP contribution in [0.3, 0.4) is 0 Å². The van der Waals surface area contributed by atoms with Crippen LogP contribution in [0.2, 0.25) is 0 Å². The van der Waals surface area contributed by atoms with Gasteiger partial charge in [-0.05, 0) is 19.9 Å². The maximum Gasteiger partial charge on any atom is 0.254 e. The van der Waals surface area contributed by atoms with Gasteiger partial charge in [0.2, 0.25) is 0 Å². The molecule has 0 aromatic carbocycles. The number of hydrogen-bond acceptors (Lipinski definition) is 3.